The lowest BCUT2D eigenvalue weighted by Gasteiger charge is -2.36. The quantitative estimate of drug-likeness (QED) is 0.831. The molecule has 20 heavy (non-hydrogen) atoms. The van der Waals surface area contributed by atoms with Crippen molar-refractivity contribution in [3.8, 4) is 5.75 Å². The predicted octanol–water partition coefficient (Wildman–Crippen LogP) is 2.32. The molecule has 2 aliphatic rings. The zero-order valence-corrected chi connectivity index (χ0v) is 12.1. The van der Waals surface area contributed by atoms with Crippen LogP contribution in [0.2, 0.25) is 0 Å². The Morgan fingerprint density at radius 1 is 1.45 bits per heavy atom. The first kappa shape index (κ1) is 13.4. The summed E-state index contributed by atoms with van der Waals surface area (Å²) < 4.78 is 10.8. The number of nitrogens with zero attached hydrogens (tertiary/aromatic N) is 1. The number of benzene rings is 1. The largest absolute Gasteiger partial charge is 0.497 e. The second kappa shape index (κ2) is 5.44. The van der Waals surface area contributed by atoms with Crippen molar-refractivity contribution in [1.82, 2.24) is 4.90 Å². The zero-order valence-electron chi connectivity index (χ0n) is 12.1. The maximum absolute atomic E-state index is 12.5. The first-order chi connectivity index (χ1) is 9.70. The van der Waals surface area contributed by atoms with E-state index < -0.39 is 0 Å². The van der Waals surface area contributed by atoms with E-state index in [1.807, 2.05) is 11.0 Å². The maximum Gasteiger partial charge on any atom is 0.252 e. The van der Waals surface area contributed by atoms with E-state index in [0.29, 0.717) is 6.61 Å². The van der Waals surface area contributed by atoms with Crippen LogP contribution < -0.4 is 4.74 Å². The normalized spacial score (nSPS) is 25.4. The number of methoxy groups -OCH3 is 1. The van der Waals surface area contributed by atoms with Crippen molar-refractivity contribution in [2.24, 2.45) is 0 Å². The third kappa shape index (κ3) is 2.29. The van der Waals surface area contributed by atoms with Crippen molar-refractivity contribution in [3.63, 3.8) is 0 Å². The van der Waals surface area contributed by atoms with E-state index in [4.69, 9.17) is 9.47 Å². The van der Waals surface area contributed by atoms with Gasteiger partial charge in [0.15, 0.2) is 0 Å². The Balaban J connectivity index is 1.83. The molecule has 2 aliphatic heterocycles. The highest BCUT2D eigenvalue weighted by Crippen LogP contribution is 2.33. The summed E-state index contributed by atoms with van der Waals surface area (Å²) in [7, 11) is 1.67. The van der Waals surface area contributed by atoms with Gasteiger partial charge in [-0.2, -0.15) is 0 Å². The molecule has 4 heteroatoms. The number of rotatable bonds is 2. The molecule has 0 saturated carbocycles. The minimum atomic E-state index is -0.232. The Morgan fingerprint density at radius 3 is 3.00 bits per heavy atom. The lowest BCUT2D eigenvalue weighted by atomic mass is 9.92. The fourth-order valence-electron chi connectivity index (χ4n) is 3.18. The molecule has 1 amide bonds. The molecular formula is C16H21NO3. The Morgan fingerprint density at radius 2 is 2.30 bits per heavy atom. The molecule has 2 atom stereocenters. The minimum Gasteiger partial charge on any atom is -0.497 e. The Bertz CT molecular complexity index is 508. The van der Waals surface area contributed by atoms with Gasteiger partial charge in [-0.15, -0.1) is 0 Å². The summed E-state index contributed by atoms with van der Waals surface area (Å²) in [6, 6.07) is 6.24. The second-order valence-corrected chi connectivity index (χ2v) is 5.52. The van der Waals surface area contributed by atoms with E-state index in [1.54, 1.807) is 7.11 Å². The van der Waals surface area contributed by atoms with Gasteiger partial charge in [0, 0.05) is 13.2 Å². The molecule has 0 aliphatic carbocycles. The molecule has 2 heterocycles. The van der Waals surface area contributed by atoms with Gasteiger partial charge in [-0.05, 0) is 49.4 Å². The Kier molecular flexibility index (Phi) is 3.66. The molecule has 0 bridgehead atoms. The fraction of sp³-hybridized carbons (Fsp3) is 0.562. The molecule has 0 spiro atoms. The zero-order chi connectivity index (χ0) is 14.1. The van der Waals surface area contributed by atoms with Gasteiger partial charge in [-0.3, -0.25) is 4.79 Å². The molecule has 4 nitrogen and oxygen atoms in total. The van der Waals surface area contributed by atoms with Crippen molar-refractivity contribution < 1.29 is 14.3 Å². The summed E-state index contributed by atoms with van der Waals surface area (Å²) in [6.07, 6.45) is 2.52. The maximum atomic E-state index is 12.5. The Hall–Kier alpha value is -1.55. The topological polar surface area (TPSA) is 38.8 Å². The molecule has 0 N–H and O–H groups in total. The second-order valence-electron chi connectivity index (χ2n) is 5.52. The number of hydrogen-bond acceptors (Lipinski definition) is 3. The number of hydrogen-bond donors (Lipinski definition) is 0. The van der Waals surface area contributed by atoms with E-state index in [0.717, 1.165) is 31.6 Å². The van der Waals surface area contributed by atoms with Crippen LogP contribution >= 0.6 is 0 Å². The SMILES string of the molecule is COc1ccc2c(c1)C(C)N(C(=O)C1CCCO1)CC2. The van der Waals surface area contributed by atoms with Crippen LogP contribution in [0.5, 0.6) is 5.75 Å². The van der Waals surface area contributed by atoms with Gasteiger partial charge in [0.2, 0.25) is 0 Å². The molecule has 0 aromatic heterocycles. The van der Waals surface area contributed by atoms with E-state index in [1.165, 1.54) is 11.1 Å². The lowest BCUT2D eigenvalue weighted by molar-refractivity contribution is -0.143. The van der Waals surface area contributed by atoms with Crippen molar-refractivity contribution in [1.29, 1.82) is 0 Å². The van der Waals surface area contributed by atoms with Crippen LogP contribution in [0.25, 0.3) is 0 Å². The van der Waals surface area contributed by atoms with Crippen LogP contribution in [0.1, 0.15) is 36.9 Å². The summed E-state index contributed by atoms with van der Waals surface area (Å²) in [6.45, 7) is 3.58. The predicted molar refractivity (Wildman–Crippen MR) is 75.8 cm³/mol. The van der Waals surface area contributed by atoms with Gasteiger partial charge in [-0.25, -0.2) is 0 Å². The average Bonchev–Trinajstić information content (AvgIpc) is 3.01. The summed E-state index contributed by atoms with van der Waals surface area (Å²) in [5.41, 5.74) is 2.51. The molecule has 3 rings (SSSR count). The number of amides is 1. The summed E-state index contributed by atoms with van der Waals surface area (Å²) in [5.74, 6) is 0.991. The van der Waals surface area contributed by atoms with E-state index in [-0.39, 0.29) is 18.1 Å². The molecule has 2 unspecified atom stereocenters. The third-order valence-electron chi connectivity index (χ3n) is 4.38. The van der Waals surface area contributed by atoms with Gasteiger partial charge >= 0.3 is 0 Å². The van der Waals surface area contributed by atoms with Crippen molar-refractivity contribution in [2.45, 2.75) is 38.3 Å². The summed E-state index contributed by atoms with van der Waals surface area (Å²) in [5, 5.41) is 0. The van der Waals surface area contributed by atoms with Crippen LogP contribution in [0, 0.1) is 0 Å². The summed E-state index contributed by atoms with van der Waals surface area (Å²) >= 11 is 0. The molecule has 0 radical (unpaired) electrons. The summed E-state index contributed by atoms with van der Waals surface area (Å²) in [4.78, 5) is 14.5. The van der Waals surface area contributed by atoms with Crippen LogP contribution in [-0.2, 0) is 16.0 Å². The van der Waals surface area contributed by atoms with Crippen LogP contribution in [0.3, 0.4) is 0 Å². The number of fused-ring (bicyclic) bond motifs is 1. The molecular weight excluding hydrogens is 254 g/mol. The van der Waals surface area contributed by atoms with Gasteiger partial charge in [0.1, 0.15) is 11.9 Å². The smallest absolute Gasteiger partial charge is 0.252 e. The van der Waals surface area contributed by atoms with E-state index in [9.17, 15) is 4.79 Å². The van der Waals surface area contributed by atoms with Crippen molar-refractivity contribution in [2.75, 3.05) is 20.3 Å². The van der Waals surface area contributed by atoms with Crippen LogP contribution in [0.15, 0.2) is 18.2 Å². The molecule has 1 aromatic rings. The molecule has 1 saturated heterocycles. The first-order valence-electron chi connectivity index (χ1n) is 7.29. The van der Waals surface area contributed by atoms with Crippen molar-refractivity contribution in [3.05, 3.63) is 29.3 Å². The van der Waals surface area contributed by atoms with E-state index in [2.05, 4.69) is 19.1 Å². The third-order valence-corrected chi connectivity index (χ3v) is 4.38. The molecule has 1 fully saturated rings. The van der Waals surface area contributed by atoms with E-state index >= 15 is 0 Å². The molecule has 1 aromatic carbocycles. The monoisotopic (exact) mass is 275 g/mol. The number of carbonyl (C=O) groups is 1. The first-order valence-corrected chi connectivity index (χ1v) is 7.29. The average molecular weight is 275 g/mol. The fourth-order valence-corrected chi connectivity index (χ4v) is 3.18. The van der Waals surface area contributed by atoms with Gasteiger partial charge < -0.3 is 14.4 Å². The van der Waals surface area contributed by atoms with Gasteiger partial charge in [0.05, 0.1) is 13.2 Å². The number of ether oxygens (including phenoxy) is 2. The standard InChI is InChI=1S/C16H21NO3/c1-11-14-10-13(19-2)6-5-12(14)7-8-17(11)16(18)15-4-3-9-20-15/h5-6,10-11,15H,3-4,7-9H2,1-2H3. The number of carbonyl (C=O) groups excluding carboxylic acids is 1. The highest BCUT2D eigenvalue weighted by Gasteiger charge is 2.34. The van der Waals surface area contributed by atoms with Gasteiger partial charge in [0.25, 0.3) is 5.91 Å². The minimum absolute atomic E-state index is 0.0885. The molecule has 108 valence electrons. The van der Waals surface area contributed by atoms with Crippen LogP contribution in [0.4, 0.5) is 0 Å². The lowest BCUT2D eigenvalue weighted by Crippen LogP contribution is -2.44. The highest BCUT2D eigenvalue weighted by molar-refractivity contribution is 5.82. The van der Waals surface area contributed by atoms with Gasteiger partial charge in [-0.1, -0.05) is 6.07 Å². The van der Waals surface area contributed by atoms with Crippen molar-refractivity contribution >= 4 is 5.91 Å². The highest BCUT2D eigenvalue weighted by atomic mass is 16.5. The Labute approximate surface area is 119 Å². The van der Waals surface area contributed by atoms with Crippen LogP contribution in [-0.4, -0.2) is 37.2 Å².